The van der Waals surface area contributed by atoms with Crippen molar-refractivity contribution in [2.24, 2.45) is 0 Å². The number of aromatic nitrogens is 3. The monoisotopic (exact) mass is 526 g/mol. The van der Waals surface area contributed by atoms with Gasteiger partial charge in [0.2, 0.25) is 5.91 Å². The van der Waals surface area contributed by atoms with Gasteiger partial charge in [-0.3, -0.25) is 14.8 Å². The van der Waals surface area contributed by atoms with E-state index < -0.39 is 0 Å². The van der Waals surface area contributed by atoms with Crippen LogP contribution >= 0.6 is 12.2 Å². The van der Waals surface area contributed by atoms with E-state index in [2.05, 4.69) is 50.0 Å². The van der Waals surface area contributed by atoms with E-state index in [1.807, 2.05) is 73.2 Å². The first kappa shape index (κ1) is 25.6. The summed E-state index contributed by atoms with van der Waals surface area (Å²) in [5.41, 5.74) is 7.25. The topological polar surface area (TPSA) is 84.3 Å². The molecule has 194 valence electrons. The molecule has 1 fully saturated rings. The molecule has 1 saturated heterocycles. The SMILES string of the molecule is COCC(=O)Nc1ccc(N2C(=S)N[C@@H](c3ccccn3)[C@H]2c2cc(C)n(Cc3ccncc3)c2C)cc1. The number of methoxy groups -OCH3 is 1. The Kier molecular flexibility index (Phi) is 7.48. The van der Waals surface area contributed by atoms with Gasteiger partial charge in [-0.2, -0.15) is 0 Å². The van der Waals surface area contributed by atoms with Crippen LogP contribution in [0.1, 0.15) is 40.3 Å². The molecule has 1 amide bonds. The highest BCUT2D eigenvalue weighted by Crippen LogP contribution is 2.43. The summed E-state index contributed by atoms with van der Waals surface area (Å²) in [6.45, 7) is 5.06. The first-order valence-electron chi connectivity index (χ1n) is 12.4. The van der Waals surface area contributed by atoms with E-state index in [0.717, 1.165) is 17.9 Å². The molecule has 5 rings (SSSR count). The lowest BCUT2D eigenvalue weighted by Crippen LogP contribution is -2.29. The number of carbonyl (C=O) groups excluding carboxylic acids is 1. The maximum atomic E-state index is 12.0. The van der Waals surface area contributed by atoms with Crippen molar-refractivity contribution in [1.82, 2.24) is 19.9 Å². The molecule has 3 aromatic heterocycles. The number of anilines is 2. The minimum atomic E-state index is -0.201. The molecule has 4 heterocycles. The number of hydrogen-bond acceptors (Lipinski definition) is 5. The number of hydrogen-bond donors (Lipinski definition) is 2. The average Bonchev–Trinajstić information content (AvgIpc) is 3.41. The molecular formula is C29H30N6O2S. The van der Waals surface area contributed by atoms with Crippen molar-refractivity contribution in [3.05, 3.63) is 107 Å². The smallest absolute Gasteiger partial charge is 0.250 e. The molecule has 38 heavy (non-hydrogen) atoms. The fourth-order valence-corrected chi connectivity index (χ4v) is 5.37. The van der Waals surface area contributed by atoms with E-state index in [9.17, 15) is 4.79 Å². The van der Waals surface area contributed by atoms with Crippen LogP contribution in [0, 0.1) is 13.8 Å². The first-order chi connectivity index (χ1) is 18.5. The predicted molar refractivity (Wildman–Crippen MR) is 152 cm³/mol. The summed E-state index contributed by atoms with van der Waals surface area (Å²) in [7, 11) is 1.50. The molecule has 0 aliphatic carbocycles. The third-order valence-corrected chi connectivity index (χ3v) is 7.14. The zero-order valence-electron chi connectivity index (χ0n) is 21.6. The lowest BCUT2D eigenvalue weighted by molar-refractivity contribution is -0.119. The number of pyridine rings is 2. The Bertz CT molecular complexity index is 1420. The molecular weight excluding hydrogens is 496 g/mol. The maximum Gasteiger partial charge on any atom is 0.250 e. The molecule has 8 nitrogen and oxygen atoms in total. The van der Waals surface area contributed by atoms with E-state index >= 15 is 0 Å². The number of ether oxygens (including phenoxy) is 1. The molecule has 0 unspecified atom stereocenters. The Labute approximate surface area is 227 Å². The minimum Gasteiger partial charge on any atom is -0.375 e. The summed E-state index contributed by atoms with van der Waals surface area (Å²) < 4.78 is 7.24. The van der Waals surface area contributed by atoms with Gasteiger partial charge in [0.25, 0.3) is 0 Å². The van der Waals surface area contributed by atoms with Gasteiger partial charge in [0.1, 0.15) is 6.61 Å². The van der Waals surface area contributed by atoms with Gasteiger partial charge in [-0.15, -0.1) is 0 Å². The Morgan fingerprint density at radius 1 is 1.08 bits per heavy atom. The molecule has 1 aromatic carbocycles. The second kappa shape index (κ2) is 11.1. The van der Waals surface area contributed by atoms with Crippen LogP contribution in [-0.4, -0.2) is 39.3 Å². The van der Waals surface area contributed by atoms with Crippen molar-refractivity contribution in [2.75, 3.05) is 23.9 Å². The number of amides is 1. The Hall–Kier alpha value is -4.08. The molecule has 2 atom stereocenters. The Morgan fingerprint density at radius 2 is 1.84 bits per heavy atom. The number of aryl methyl sites for hydroxylation is 1. The van der Waals surface area contributed by atoms with Gasteiger partial charge in [-0.05, 0) is 91.8 Å². The average molecular weight is 527 g/mol. The molecule has 4 aromatic rings. The summed E-state index contributed by atoms with van der Waals surface area (Å²) >= 11 is 5.89. The molecule has 2 N–H and O–H groups in total. The minimum absolute atomic E-state index is 0.00478. The molecule has 0 saturated carbocycles. The van der Waals surface area contributed by atoms with Crippen molar-refractivity contribution in [2.45, 2.75) is 32.5 Å². The van der Waals surface area contributed by atoms with Crippen molar-refractivity contribution in [3.8, 4) is 0 Å². The Balaban J connectivity index is 1.54. The highest BCUT2D eigenvalue weighted by molar-refractivity contribution is 7.80. The number of benzene rings is 1. The normalized spacial score (nSPS) is 16.9. The van der Waals surface area contributed by atoms with Gasteiger partial charge in [-0.1, -0.05) is 6.07 Å². The van der Waals surface area contributed by atoms with E-state index in [-0.39, 0.29) is 24.6 Å². The molecule has 0 spiro atoms. The maximum absolute atomic E-state index is 12.0. The predicted octanol–water partition coefficient (Wildman–Crippen LogP) is 4.71. The third-order valence-electron chi connectivity index (χ3n) is 6.82. The molecule has 1 aliphatic rings. The first-order valence-corrected chi connectivity index (χ1v) is 12.8. The highest BCUT2D eigenvalue weighted by Gasteiger charge is 2.42. The van der Waals surface area contributed by atoms with Gasteiger partial charge in [-0.25, -0.2) is 0 Å². The van der Waals surface area contributed by atoms with Crippen LogP contribution in [-0.2, 0) is 16.1 Å². The molecule has 9 heteroatoms. The third kappa shape index (κ3) is 5.16. The summed E-state index contributed by atoms with van der Waals surface area (Å²) in [4.78, 5) is 22.9. The van der Waals surface area contributed by atoms with E-state index in [0.29, 0.717) is 10.8 Å². The number of thiocarbonyl (C=S) groups is 1. The van der Waals surface area contributed by atoms with Gasteiger partial charge in [0.05, 0.1) is 17.8 Å². The summed E-state index contributed by atoms with van der Waals surface area (Å²) in [6, 6.07) is 19.7. The highest BCUT2D eigenvalue weighted by atomic mass is 32.1. The zero-order chi connectivity index (χ0) is 26.6. The van der Waals surface area contributed by atoms with E-state index in [1.54, 1.807) is 0 Å². The fourth-order valence-electron chi connectivity index (χ4n) is 5.02. The molecule has 0 bridgehead atoms. The number of carbonyl (C=O) groups is 1. The van der Waals surface area contributed by atoms with Crippen molar-refractivity contribution in [1.29, 1.82) is 0 Å². The summed E-state index contributed by atoms with van der Waals surface area (Å²) in [6.07, 6.45) is 5.46. The van der Waals surface area contributed by atoms with Crippen molar-refractivity contribution < 1.29 is 9.53 Å². The number of nitrogens with one attached hydrogen (secondary N) is 2. The van der Waals surface area contributed by atoms with Crippen LogP contribution < -0.4 is 15.5 Å². The van der Waals surface area contributed by atoms with Gasteiger partial charge in [0.15, 0.2) is 5.11 Å². The van der Waals surface area contributed by atoms with Crippen LogP contribution in [0.15, 0.2) is 79.3 Å². The quantitative estimate of drug-likeness (QED) is 0.322. The Morgan fingerprint density at radius 3 is 2.53 bits per heavy atom. The van der Waals surface area contributed by atoms with Crippen molar-refractivity contribution >= 4 is 34.6 Å². The van der Waals surface area contributed by atoms with Crippen LogP contribution in [0.3, 0.4) is 0 Å². The van der Waals surface area contributed by atoms with Gasteiger partial charge in [0, 0.05) is 55.0 Å². The van der Waals surface area contributed by atoms with E-state index in [4.69, 9.17) is 17.0 Å². The lowest BCUT2D eigenvalue weighted by atomic mass is 9.96. The second-order valence-electron chi connectivity index (χ2n) is 9.29. The fraction of sp³-hybridized carbons (Fsp3) is 0.241. The van der Waals surface area contributed by atoms with Gasteiger partial charge >= 0.3 is 0 Å². The van der Waals surface area contributed by atoms with Crippen molar-refractivity contribution in [3.63, 3.8) is 0 Å². The van der Waals surface area contributed by atoms with Crippen LogP contribution in [0.5, 0.6) is 0 Å². The zero-order valence-corrected chi connectivity index (χ0v) is 22.4. The van der Waals surface area contributed by atoms with Crippen LogP contribution in [0.4, 0.5) is 11.4 Å². The van der Waals surface area contributed by atoms with Crippen LogP contribution in [0.2, 0.25) is 0 Å². The lowest BCUT2D eigenvalue weighted by Gasteiger charge is -2.28. The summed E-state index contributed by atoms with van der Waals surface area (Å²) in [5, 5.41) is 7.00. The van der Waals surface area contributed by atoms with E-state index in [1.165, 1.54) is 29.6 Å². The van der Waals surface area contributed by atoms with Gasteiger partial charge < -0.3 is 24.8 Å². The second-order valence-corrected chi connectivity index (χ2v) is 9.68. The molecule has 0 radical (unpaired) electrons. The molecule has 1 aliphatic heterocycles. The number of rotatable bonds is 8. The largest absolute Gasteiger partial charge is 0.375 e. The van der Waals surface area contributed by atoms with Crippen LogP contribution in [0.25, 0.3) is 0 Å². The standard InChI is InChI=1S/C29H30N6O2S/c1-19-16-24(20(2)34(19)17-21-11-14-30-15-12-21)28-27(25-6-4-5-13-31-25)33-29(38)35(28)23-9-7-22(8-10-23)32-26(36)18-37-3/h4-16,27-28H,17-18H2,1-3H3,(H,32,36)(H,33,38)/t27-,28+/m0/s1. The number of nitrogens with zero attached hydrogens (tertiary/aromatic N) is 4. The summed E-state index contributed by atoms with van der Waals surface area (Å²) in [5.74, 6) is -0.201.